The van der Waals surface area contributed by atoms with Gasteiger partial charge in [0.1, 0.15) is 0 Å². The second-order valence-electron chi connectivity index (χ2n) is 3.94. The van der Waals surface area contributed by atoms with Crippen molar-refractivity contribution in [1.29, 1.82) is 0 Å². The van der Waals surface area contributed by atoms with E-state index in [2.05, 4.69) is 15.7 Å². The van der Waals surface area contributed by atoms with Gasteiger partial charge >= 0.3 is 0 Å². The van der Waals surface area contributed by atoms with Crippen LogP contribution in [0.1, 0.15) is 16.8 Å². The quantitative estimate of drug-likeness (QED) is 0.864. The molecule has 2 heterocycles. The average molecular weight is 278 g/mol. The van der Waals surface area contributed by atoms with Crippen LogP contribution in [0.2, 0.25) is 0 Å². The number of hydrogen-bond acceptors (Lipinski definition) is 4. The maximum absolute atomic E-state index is 11.6. The lowest BCUT2D eigenvalue weighted by atomic mass is 10.3. The molecule has 0 saturated heterocycles. The maximum atomic E-state index is 11.6. The van der Waals surface area contributed by atoms with Crippen molar-refractivity contribution >= 4 is 29.0 Å². The number of aryl methyl sites for hydroxylation is 1. The highest BCUT2D eigenvalue weighted by Crippen LogP contribution is 2.05. The van der Waals surface area contributed by atoms with Crippen LogP contribution in [0.5, 0.6) is 0 Å². The summed E-state index contributed by atoms with van der Waals surface area (Å²) in [4.78, 5) is 23.2. The Bertz CT molecular complexity index is 562. The van der Waals surface area contributed by atoms with Gasteiger partial charge in [-0.3, -0.25) is 14.3 Å². The van der Waals surface area contributed by atoms with Crippen LogP contribution in [-0.4, -0.2) is 28.1 Å². The van der Waals surface area contributed by atoms with Crippen LogP contribution in [0.3, 0.4) is 0 Å². The van der Waals surface area contributed by atoms with Gasteiger partial charge in [0.15, 0.2) is 5.82 Å². The van der Waals surface area contributed by atoms with Crippen molar-refractivity contribution in [2.45, 2.75) is 6.42 Å². The van der Waals surface area contributed by atoms with Crippen LogP contribution in [-0.2, 0) is 11.8 Å². The van der Waals surface area contributed by atoms with E-state index in [-0.39, 0.29) is 18.2 Å². The van der Waals surface area contributed by atoms with E-state index in [1.807, 2.05) is 5.38 Å². The summed E-state index contributed by atoms with van der Waals surface area (Å²) >= 11 is 1.46. The van der Waals surface area contributed by atoms with Crippen molar-refractivity contribution in [2.24, 2.45) is 7.05 Å². The van der Waals surface area contributed by atoms with Gasteiger partial charge < -0.3 is 10.6 Å². The number of nitrogens with zero attached hydrogens (tertiary/aromatic N) is 2. The molecule has 0 atom stereocenters. The normalized spacial score (nSPS) is 10.2. The molecule has 0 spiro atoms. The fourth-order valence-corrected chi connectivity index (χ4v) is 2.11. The Morgan fingerprint density at radius 3 is 2.89 bits per heavy atom. The van der Waals surface area contributed by atoms with E-state index in [0.29, 0.717) is 17.9 Å². The monoisotopic (exact) mass is 278 g/mol. The van der Waals surface area contributed by atoms with Gasteiger partial charge in [0.25, 0.3) is 5.91 Å². The summed E-state index contributed by atoms with van der Waals surface area (Å²) in [6.07, 6.45) is 1.96. The molecule has 0 aromatic carbocycles. The van der Waals surface area contributed by atoms with Gasteiger partial charge in [-0.15, -0.1) is 0 Å². The molecular formula is C12H14N4O2S. The summed E-state index contributed by atoms with van der Waals surface area (Å²) in [5.41, 5.74) is 0.620. The van der Waals surface area contributed by atoms with E-state index in [9.17, 15) is 9.59 Å². The van der Waals surface area contributed by atoms with Crippen LogP contribution in [0.4, 0.5) is 5.82 Å². The molecule has 19 heavy (non-hydrogen) atoms. The van der Waals surface area contributed by atoms with Crippen molar-refractivity contribution in [3.63, 3.8) is 0 Å². The molecule has 2 rings (SSSR count). The molecule has 0 aliphatic rings. The van der Waals surface area contributed by atoms with E-state index in [4.69, 9.17) is 0 Å². The Morgan fingerprint density at radius 1 is 1.42 bits per heavy atom. The highest BCUT2D eigenvalue weighted by atomic mass is 32.1. The van der Waals surface area contributed by atoms with Crippen LogP contribution in [0.25, 0.3) is 0 Å². The number of rotatable bonds is 5. The lowest BCUT2D eigenvalue weighted by molar-refractivity contribution is -0.116. The molecule has 7 heteroatoms. The Balaban J connectivity index is 1.71. The van der Waals surface area contributed by atoms with Crippen molar-refractivity contribution in [3.8, 4) is 0 Å². The maximum Gasteiger partial charge on any atom is 0.252 e. The Morgan fingerprint density at radius 2 is 2.26 bits per heavy atom. The third kappa shape index (κ3) is 3.92. The third-order valence-electron chi connectivity index (χ3n) is 2.40. The molecule has 0 fully saturated rings. The summed E-state index contributed by atoms with van der Waals surface area (Å²) in [5, 5.41) is 13.0. The van der Waals surface area contributed by atoms with Crippen LogP contribution < -0.4 is 10.6 Å². The van der Waals surface area contributed by atoms with Crippen LogP contribution in [0.15, 0.2) is 29.1 Å². The Hall–Kier alpha value is -2.15. The van der Waals surface area contributed by atoms with Gasteiger partial charge in [-0.25, -0.2) is 0 Å². The lowest BCUT2D eigenvalue weighted by Gasteiger charge is -2.04. The minimum absolute atomic E-state index is 0.160. The number of carbonyl (C=O) groups is 2. The van der Waals surface area contributed by atoms with E-state index < -0.39 is 0 Å². The molecule has 0 saturated carbocycles. The number of anilines is 1. The van der Waals surface area contributed by atoms with E-state index >= 15 is 0 Å². The van der Waals surface area contributed by atoms with Crippen molar-refractivity contribution in [3.05, 3.63) is 34.7 Å². The fraction of sp³-hybridized carbons (Fsp3) is 0.250. The third-order valence-corrected chi connectivity index (χ3v) is 3.09. The predicted octanol–water partition coefficient (Wildman–Crippen LogP) is 1.24. The zero-order chi connectivity index (χ0) is 13.7. The molecule has 2 amide bonds. The Labute approximate surface area is 114 Å². The van der Waals surface area contributed by atoms with Gasteiger partial charge in [-0.05, 0) is 11.4 Å². The van der Waals surface area contributed by atoms with Gasteiger partial charge in [-0.1, -0.05) is 0 Å². The molecule has 0 radical (unpaired) electrons. The van der Waals surface area contributed by atoms with E-state index in [1.54, 1.807) is 35.4 Å². The molecule has 2 aromatic rings. The van der Waals surface area contributed by atoms with E-state index in [0.717, 1.165) is 0 Å². The predicted molar refractivity (Wildman–Crippen MR) is 73.1 cm³/mol. The molecule has 0 aliphatic carbocycles. The highest BCUT2D eigenvalue weighted by Gasteiger charge is 2.07. The summed E-state index contributed by atoms with van der Waals surface area (Å²) in [7, 11) is 1.77. The summed E-state index contributed by atoms with van der Waals surface area (Å²) < 4.78 is 1.61. The number of aromatic nitrogens is 2. The molecule has 100 valence electrons. The zero-order valence-corrected chi connectivity index (χ0v) is 11.2. The molecule has 0 aliphatic heterocycles. The molecule has 2 N–H and O–H groups in total. The fourth-order valence-electron chi connectivity index (χ4n) is 1.47. The number of amides is 2. The largest absolute Gasteiger partial charge is 0.351 e. The smallest absolute Gasteiger partial charge is 0.252 e. The minimum atomic E-state index is -0.177. The molecule has 0 bridgehead atoms. The van der Waals surface area contributed by atoms with Crippen LogP contribution in [0, 0.1) is 0 Å². The highest BCUT2D eigenvalue weighted by molar-refractivity contribution is 7.08. The topological polar surface area (TPSA) is 76.0 Å². The van der Waals surface area contributed by atoms with Crippen molar-refractivity contribution in [2.75, 3.05) is 11.9 Å². The number of nitrogens with one attached hydrogen (secondary N) is 2. The summed E-state index contributed by atoms with van der Waals surface area (Å²) in [6, 6.07) is 3.45. The van der Waals surface area contributed by atoms with Gasteiger partial charge in [0.05, 0.1) is 0 Å². The number of hydrogen-bond donors (Lipinski definition) is 2. The van der Waals surface area contributed by atoms with Crippen molar-refractivity contribution < 1.29 is 9.59 Å². The first-order chi connectivity index (χ1) is 9.15. The first-order valence-electron chi connectivity index (χ1n) is 5.75. The van der Waals surface area contributed by atoms with E-state index in [1.165, 1.54) is 11.3 Å². The zero-order valence-electron chi connectivity index (χ0n) is 10.4. The second-order valence-corrected chi connectivity index (χ2v) is 4.72. The summed E-state index contributed by atoms with van der Waals surface area (Å²) in [5.74, 6) is 0.174. The van der Waals surface area contributed by atoms with Crippen molar-refractivity contribution in [1.82, 2.24) is 15.1 Å². The average Bonchev–Trinajstić information content (AvgIpc) is 3.00. The van der Waals surface area contributed by atoms with Gasteiger partial charge in [0, 0.05) is 43.2 Å². The van der Waals surface area contributed by atoms with Crippen LogP contribution >= 0.6 is 11.3 Å². The molecule has 6 nitrogen and oxygen atoms in total. The first kappa shape index (κ1) is 13.3. The minimum Gasteiger partial charge on any atom is -0.351 e. The lowest BCUT2D eigenvalue weighted by Crippen LogP contribution is -2.27. The molecule has 2 aromatic heterocycles. The summed E-state index contributed by atoms with van der Waals surface area (Å²) in [6.45, 7) is 0.299. The molecule has 0 unspecified atom stereocenters. The van der Waals surface area contributed by atoms with Gasteiger partial charge in [-0.2, -0.15) is 16.4 Å². The van der Waals surface area contributed by atoms with Gasteiger partial charge in [0.2, 0.25) is 5.91 Å². The Kier molecular flexibility index (Phi) is 4.30. The number of carbonyl (C=O) groups excluding carboxylic acids is 2. The second kappa shape index (κ2) is 6.14. The standard InChI is InChI=1S/C12H14N4O2S/c1-16-6-3-10(15-16)14-11(17)2-5-13-12(18)9-4-7-19-8-9/h3-4,6-8H,2,5H2,1H3,(H,13,18)(H,14,15,17). The molecular weight excluding hydrogens is 264 g/mol. The first-order valence-corrected chi connectivity index (χ1v) is 6.69. The SMILES string of the molecule is Cn1ccc(NC(=O)CCNC(=O)c2ccsc2)n1. The number of thiophene rings is 1.